The van der Waals surface area contributed by atoms with E-state index in [9.17, 15) is 4.79 Å². The Morgan fingerprint density at radius 2 is 2.17 bits per heavy atom. The second-order valence-corrected chi connectivity index (χ2v) is 0.576. The van der Waals surface area contributed by atoms with Crippen LogP contribution in [0.5, 0.6) is 0 Å². The van der Waals surface area contributed by atoms with E-state index in [1.807, 2.05) is 0 Å². The lowest BCUT2D eigenvalue weighted by atomic mass is 10.5. The van der Waals surface area contributed by atoms with Crippen LogP contribution in [-0.4, -0.2) is 12.1 Å². The van der Waals surface area contributed by atoms with E-state index in [0.29, 0.717) is 0 Å². The van der Waals surface area contributed by atoms with Crippen LogP contribution in [0, 0.1) is 12.3 Å². The largest absolute Gasteiger partial charge is 0.286 e. The Bertz CT molecular complexity index is 107. The summed E-state index contributed by atoms with van der Waals surface area (Å²) in [5, 5.41) is 0. The summed E-state index contributed by atoms with van der Waals surface area (Å²) >= 11 is 0. The van der Waals surface area contributed by atoms with Gasteiger partial charge in [0, 0.05) is 0 Å². The molecule has 0 aliphatic carbocycles. The van der Waals surface area contributed by atoms with Crippen molar-refractivity contribution >= 4 is 12.1 Å². The van der Waals surface area contributed by atoms with E-state index in [1.165, 1.54) is 0 Å². The summed E-state index contributed by atoms with van der Waals surface area (Å²) in [4.78, 5) is 18.6. The zero-order valence-electron chi connectivity index (χ0n) is 2.89. The molecule has 0 fully saturated rings. The van der Waals surface area contributed by atoms with Crippen molar-refractivity contribution in [1.29, 1.82) is 0 Å². The van der Waals surface area contributed by atoms with Crippen LogP contribution in [0.3, 0.4) is 0 Å². The van der Waals surface area contributed by atoms with Crippen molar-refractivity contribution in [3.8, 4) is 12.3 Å². The lowest BCUT2D eigenvalue weighted by Crippen LogP contribution is -1.89. The molecule has 2 nitrogen and oxygen atoms in total. The lowest BCUT2D eigenvalue weighted by Gasteiger charge is -1.56. The third-order valence-corrected chi connectivity index (χ3v) is 0.224. The molecule has 2 heteroatoms. The zero-order chi connectivity index (χ0) is 4.99. The first-order chi connectivity index (χ1) is 2.81. The van der Waals surface area contributed by atoms with Gasteiger partial charge in [-0.1, -0.05) is 0 Å². The molecule has 0 aliphatic heterocycles. The van der Waals surface area contributed by atoms with Crippen molar-refractivity contribution < 1.29 is 9.59 Å². The Labute approximate surface area is 35.2 Å². The Balaban J connectivity index is 3.63. The van der Waals surface area contributed by atoms with Gasteiger partial charge in [0.1, 0.15) is 0 Å². The predicted octanol–water partition coefficient (Wildman–Crippen LogP) is -0.702. The van der Waals surface area contributed by atoms with Crippen LogP contribution in [0.1, 0.15) is 0 Å². The van der Waals surface area contributed by atoms with Gasteiger partial charge in [-0.2, -0.15) is 0 Å². The monoisotopic (exact) mass is 81.0 g/mol. The highest BCUT2D eigenvalue weighted by molar-refractivity contribution is 6.33. The Morgan fingerprint density at radius 3 is 2.17 bits per heavy atom. The number of rotatable bonds is 1. The maximum absolute atomic E-state index is 9.52. The number of carbonyl (C=O) groups is 1. The summed E-state index contributed by atoms with van der Waals surface area (Å²) < 4.78 is 0. The Morgan fingerprint density at radius 1 is 1.67 bits per heavy atom. The minimum atomic E-state index is -0.935. The first kappa shape index (κ1) is 4.90. The highest BCUT2D eigenvalue weighted by Crippen LogP contribution is 1.50. The highest BCUT2D eigenvalue weighted by atomic mass is 16.2. The van der Waals surface area contributed by atoms with Crippen LogP contribution in [0.4, 0.5) is 0 Å². The molecular formula is C4HO2. The van der Waals surface area contributed by atoms with E-state index in [-0.39, 0.29) is 0 Å². The molecule has 0 bridgehead atoms. The molecule has 0 aromatic heterocycles. The van der Waals surface area contributed by atoms with Crippen LogP contribution in [-0.2, 0) is 9.59 Å². The van der Waals surface area contributed by atoms with Gasteiger partial charge >= 0.3 is 0 Å². The van der Waals surface area contributed by atoms with Gasteiger partial charge in [0.25, 0.3) is 12.1 Å². The molecule has 0 saturated carbocycles. The third-order valence-electron chi connectivity index (χ3n) is 0.224. The molecule has 1 radical (unpaired) electrons. The van der Waals surface area contributed by atoms with Crippen LogP contribution < -0.4 is 0 Å². The second-order valence-electron chi connectivity index (χ2n) is 0.576. The van der Waals surface area contributed by atoms with E-state index in [2.05, 4.69) is 6.42 Å². The molecular weight excluding hydrogens is 80.0 g/mol. The van der Waals surface area contributed by atoms with Gasteiger partial charge in [-0.3, -0.25) is 9.59 Å². The second kappa shape index (κ2) is 2.16. The maximum atomic E-state index is 9.52. The molecule has 0 aliphatic rings. The number of ketones is 1. The van der Waals surface area contributed by atoms with Crippen LogP contribution in [0.2, 0.25) is 0 Å². The van der Waals surface area contributed by atoms with E-state index in [4.69, 9.17) is 4.79 Å². The Hall–Kier alpha value is -1.10. The molecule has 0 unspecified atom stereocenters. The number of terminal acetylenes is 1. The molecule has 0 atom stereocenters. The number of Topliss-reactive ketones (excluding diaryl/α,β-unsaturated/α-hetero) is 1. The predicted molar refractivity (Wildman–Crippen MR) is 19.5 cm³/mol. The summed E-state index contributed by atoms with van der Waals surface area (Å²) in [6, 6.07) is 0. The maximum Gasteiger partial charge on any atom is 0.286 e. The molecule has 0 rings (SSSR count). The minimum absolute atomic E-state index is 0.935. The van der Waals surface area contributed by atoms with Crippen molar-refractivity contribution in [3.63, 3.8) is 0 Å². The van der Waals surface area contributed by atoms with Crippen molar-refractivity contribution in [1.82, 2.24) is 0 Å². The molecule has 0 spiro atoms. The smallest absolute Gasteiger partial charge is 0.280 e. The minimum Gasteiger partial charge on any atom is -0.280 e. The topological polar surface area (TPSA) is 34.1 Å². The van der Waals surface area contributed by atoms with E-state index >= 15 is 0 Å². The molecule has 6 heavy (non-hydrogen) atoms. The summed E-state index contributed by atoms with van der Waals surface area (Å²) in [6.45, 7) is 0. The van der Waals surface area contributed by atoms with Gasteiger partial charge in [-0.05, 0) is 5.92 Å². The highest BCUT2D eigenvalue weighted by Gasteiger charge is 1.85. The van der Waals surface area contributed by atoms with Crippen molar-refractivity contribution in [3.05, 3.63) is 0 Å². The summed E-state index contributed by atoms with van der Waals surface area (Å²) in [5.41, 5.74) is 0. The summed E-state index contributed by atoms with van der Waals surface area (Å²) in [7, 11) is 0. The van der Waals surface area contributed by atoms with Gasteiger partial charge in [-0.25, -0.2) is 0 Å². The van der Waals surface area contributed by atoms with E-state index < -0.39 is 5.78 Å². The van der Waals surface area contributed by atoms with Crippen LogP contribution in [0.15, 0.2) is 0 Å². The normalized spacial score (nSPS) is 5.83. The number of hydrogen-bond acceptors (Lipinski definition) is 2. The standard InChI is InChI=1S/C4HO2/c1-2-4(6)3-5/h1H. The van der Waals surface area contributed by atoms with Crippen molar-refractivity contribution in [2.75, 3.05) is 0 Å². The van der Waals surface area contributed by atoms with Crippen LogP contribution in [0.25, 0.3) is 0 Å². The first-order valence-electron chi connectivity index (χ1n) is 1.20. The van der Waals surface area contributed by atoms with Gasteiger partial charge in [0.2, 0.25) is 0 Å². The van der Waals surface area contributed by atoms with Crippen molar-refractivity contribution in [2.24, 2.45) is 0 Å². The van der Waals surface area contributed by atoms with E-state index in [1.54, 1.807) is 5.92 Å². The summed E-state index contributed by atoms with van der Waals surface area (Å²) in [6.07, 6.45) is 5.41. The lowest BCUT2D eigenvalue weighted by molar-refractivity contribution is -0.108. The van der Waals surface area contributed by atoms with Gasteiger partial charge < -0.3 is 0 Å². The van der Waals surface area contributed by atoms with Gasteiger partial charge in [0.15, 0.2) is 0 Å². The first-order valence-corrected chi connectivity index (χ1v) is 1.20. The fraction of sp³-hybridized carbons (Fsp3) is 0. The fourth-order valence-corrected chi connectivity index (χ4v) is 0.0295. The van der Waals surface area contributed by atoms with Crippen molar-refractivity contribution in [2.45, 2.75) is 0 Å². The average Bonchev–Trinajstić information content (AvgIpc) is 1.65. The molecule has 0 aromatic rings. The molecule has 0 aromatic carbocycles. The molecule has 29 valence electrons. The van der Waals surface area contributed by atoms with Crippen LogP contribution >= 0.6 is 0 Å². The number of carbonyl (C=O) groups excluding carboxylic acids is 2. The Kier molecular flexibility index (Phi) is 1.76. The zero-order valence-corrected chi connectivity index (χ0v) is 2.89. The molecule has 0 heterocycles. The number of hydrogen-bond donors (Lipinski definition) is 0. The SMILES string of the molecule is C#CC(=O)[C]=O. The molecule has 0 amide bonds. The molecule has 0 saturated heterocycles. The molecule has 0 N–H and O–H groups in total. The summed E-state index contributed by atoms with van der Waals surface area (Å²) in [5.74, 6) is 0.617. The average molecular weight is 81.0 g/mol. The quantitative estimate of drug-likeness (QED) is 0.237. The fourth-order valence-electron chi connectivity index (χ4n) is 0.0295. The van der Waals surface area contributed by atoms with E-state index in [0.717, 1.165) is 6.29 Å². The van der Waals surface area contributed by atoms with Gasteiger partial charge in [0.05, 0.1) is 0 Å². The van der Waals surface area contributed by atoms with Gasteiger partial charge in [-0.15, -0.1) is 6.42 Å². The third kappa shape index (κ3) is 1.24.